The molecule has 3 aliphatic heterocycles. The van der Waals surface area contributed by atoms with Gasteiger partial charge >= 0.3 is 12.3 Å². The fourth-order valence-electron chi connectivity index (χ4n) is 10.7. The summed E-state index contributed by atoms with van der Waals surface area (Å²) in [6, 6.07) is 1.87. The van der Waals surface area contributed by atoms with Crippen LogP contribution in [0.3, 0.4) is 0 Å². The summed E-state index contributed by atoms with van der Waals surface area (Å²) in [6.07, 6.45) is -2.94. The average molecular weight is 1030 g/mol. The van der Waals surface area contributed by atoms with Gasteiger partial charge in [-0.25, -0.2) is 4.79 Å². The van der Waals surface area contributed by atoms with Gasteiger partial charge in [0.25, 0.3) is 11.7 Å². The van der Waals surface area contributed by atoms with Crippen LogP contribution in [0, 0.1) is 29.6 Å². The Balaban J connectivity index is 1.43. The number of hydrogen-bond acceptors (Lipinski definition) is 14. The third-order valence-corrected chi connectivity index (χ3v) is 14.9. The van der Waals surface area contributed by atoms with Crippen LogP contribution < -0.4 is 4.74 Å². The topological polar surface area (TPSA) is 194 Å². The minimum atomic E-state index is -4.99. The third kappa shape index (κ3) is 15.0. The van der Waals surface area contributed by atoms with Gasteiger partial charge in [0.1, 0.15) is 36.4 Å². The van der Waals surface area contributed by atoms with E-state index in [9.17, 15) is 47.4 Å². The standard InChI is InChI=1S/C52H73ClF3NO14/c1-10-34-18-28(2)17-29(3)19-44(66-8)47-45(67-9)21-31(5)51(64,71-47)48(61)49(62)57-16-12-11-13-38(57)50(63)69-46(32(6)39(58)26-40(34)59)30(4)20-33-14-15-42(43(22-33)65-7)68-27-41(60)35-23-36(53)25-37(24-35)70-52(54,55)56/h18,20,23-25,29,31-34,38-39,42-47,58,64H,10-17,19,21-22,26-27H2,1-9H3. The molecule has 15 nitrogen and oxygen atoms in total. The van der Waals surface area contributed by atoms with Gasteiger partial charge in [-0.15, -0.1) is 13.2 Å². The summed E-state index contributed by atoms with van der Waals surface area (Å²) in [7, 11) is 4.50. The summed E-state index contributed by atoms with van der Waals surface area (Å²) in [5.41, 5.74) is 1.36. The monoisotopic (exact) mass is 1030 g/mol. The van der Waals surface area contributed by atoms with Gasteiger partial charge in [-0.2, -0.15) is 0 Å². The van der Waals surface area contributed by atoms with E-state index in [1.807, 2.05) is 32.9 Å². The number of carbonyl (C=O) groups is 5. The Hall–Kier alpha value is -3.75. The van der Waals surface area contributed by atoms with Crippen molar-refractivity contribution >= 4 is 40.8 Å². The Morgan fingerprint density at radius 2 is 1.61 bits per heavy atom. The average Bonchev–Trinajstić information content (AvgIpc) is 3.32. The summed E-state index contributed by atoms with van der Waals surface area (Å²) in [5.74, 6) is -9.61. The van der Waals surface area contributed by atoms with Crippen molar-refractivity contribution in [2.24, 2.45) is 29.6 Å². The van der Waals surface area contributed by atoms with E-state index in [2.05, 4.69) is 4.74 Å². The van der Waals surface area contributed by atoms with Crippen molar-refractivity contribution in [3.63, 3.8) is 0 Å². The van der Waals surface area contributed by atoms with E-state index in [0.717, 1.165) is 22.6 Å². The Labute approximate surface area is 420 Å². The summed E-state index contributed by atoms with van der Waals surface area (Å²) in [5, 5.41) is 23.8. The molecule has 19 heteroatoms. The van der Waals surface area contributed by atoms with Crippen molar-refractivity contribution in [2.45, 2.75) is 173 Å². The van der Waals surface area contributed by atoms with E-state index >= 15 is 0 Å². The Kier molecular flexibility index (Phi) is 20.9. The maximum Gasteiger partial charge on any atom is 0.573 e. The number of amides is 1. The lowest BCUT2D eigenvalue weighted by atomic mass is 9.81. The number of methoxy groups -OCH3 is 3. The number of piperidine rings is 1. The number of hydrogen-bond donors (Lipinski definition) is 2. The molecule has 2 saturated heterocycles. The molecule has 14 atom stereocenters. The molecule has 2 bridgehead atoms. The number of Topliss-reactive ketones (excluding diaryl/α,β-unsaturated/α-hetero) is 3. The molecule has 1 amide bonds. The normalized spacial score (nSPS) is 34.7. The number of cyclic esters (lactones) is 1. The molecule has 3 fully saturated rings. The molecule has 1 aromatic carbocycles. The first-order valence-corrected chi connectivity index (χ1v) is 25.1. The molecule has 14 unspecified atom stereocenters. The van der Waals surface area contributed by atoms with Crippen molar-refractivity contribution < 1.29 is 80.5 Å². The van der Waals surface area contributed by atoms with Crippen LogP contribution in [0.4, 0.5) is 13.2 Å². The number of rotatable bonds is 11. The summed E-state index contributed by atoms with van der Waals surface area (Å²) < 4.78 is 78.7. The quantitative estimate of drug-likeness (QED) is 0.0939. The minimum Gasteiger partial charge on any atom is -0.456 e. The highest BCUT2D eigenvalue weighted by atomic mass is 35.5. The predicted molar refractivity (Wildman–Crippen MR) is 254 cm³/mol. The zero-order chi connectivity index (χ0) is 52.5. The predicted octanol–water partition coefficient (Wildman–Crippen LogP) is 7.93. The zero-order valence-electron chi connectivity index (χ0n) is 42.3. The molecule has 398 valence electrons. The van der Waals surface area contributed by atoms with E-state index in [1.54, 1.807) is 20.8 Å². The van der Waals surface area contributed by atoms with Crippen LogP contribution in [-0.2, 0) is 47.6 Å². The van der Waals surface area contributed by atoms with E-state index in [0.29, 0.717) is 56.9 Å². The molecule has 1 aliphatic carbocycles. The second-order valence-corrected chi connectivity index (χ2v) is 20.5. The number of benzene rings is 1. The molecule has 0 aromatic heterocycles. The number of aliphatic hydroxyl groups excluding tert-OH is 1. The van der Waals surface area contributed by atoms with Gasteiger partial charge in [0.15, 0.2) is 5.78 Å². The van der Waals surface area contributed by atoms with E-state index < -0.39 is 114 Å². The SMILES string of the molecule is CCC1C=C(C)CC(C)CC(OC)C2OC(O)(C(=O)C(=O)N3CCCCC3C(=O)OC(C(C)=CC3CCC(OCC(=O)c4cc(Cl)cc(OC(F)(F)F)c4)C(OC)C3)C(C)C(O)CC1=O)C(C)CC2OC. The maximum atomic E-state index is 14.5. The number of allylic oxidation sites excluding steroid dienone is 3. The van der Waals surface area contributed by atoms with Crippen LogP contribution in [-0.4, -0.2) is 140 Å². The van der Waals surface area contributed by atoms with E-state index in [-0.39, 0.29) is 54.0 Å². The van der Waals surface area contributed by atoms with Crippen molar-refractivity contribution in [2.75, 3.05) is 34.5 Å². The number of halogens is 4. The number of carbonyl (C=O) groups excluding carboxylic acids is 5. The third-order valence-electron chi connectivity index (χ3n) is 14.7. The van der Waals surface area contributed by atoms with Crippen molar-refractivity contribution in [3.05, 3.63) is 52.1 Å². The Morgan fingerprint density at radius 1 is 0.930 bits per heavy atom. The van der Waals surface area contributed by atoms with Crippen LogP contribution in [0.5, 0.6) is 5.75 Å². The molecule has 0 radical (unpaired) electrons. The van der Waals surface area contributed by atoms with E-state index in [1.165, 1.54) is 27.4 Å². The molecule has 4 aliphatic rings. The molecule has 1 aromatic rings. The van der Waals surface area contributed by atoms with Gasteiger partial charge in [0.05, 0.1) is 30.5 Å². The van der Waals surface area contributed by atoms with Crippen LogP contribution >= 0.6 is 11.6 Å². The number of ether oxygens (including phenoxy) is 7. The van der Waals surface area contributed by atoms with E-state index in [4.69, 9.17) is 40.0 Å². The first-order valence-electron chi connectivity index (χ1n) is 24.7. The minimum absolute atomic E-state index is 0.0187. The molecule has 1 saturated carbocycles. The first-order chi connectivity index (χ1) is 33.4. The number of esters is 1. The molecule has 2 N–H and O–H groups in total. The summed E-state index contributed by atoms with van der Waals surface area (Å²) >= 11 is 5.99. The van der Waals surface area contributed by atoms with Gasteiger partial charge < -0.3 is 48.3 Å². The number of aliphatic hydroxyl groups is 2. The van der Waals surface area contributed by atoms with Crippen LogP contribution in [0.1, 0.15) is 123 Å². The first kappa shape index (κ1) is 58.1. The Bertz CT molecular complexity index is 2100. The lowest BCUT2D eigenvalue weighted by molar-refractivity contribution is -0.302. The van der Waals surface area contributed by atoms with Crippen LogP contribution in [0.25, 0.3) is 0 Å². The lowest BCUT2D eigenvalue weighted by Gasteiger charge is -2.47. The van der Waals surface area contributed by atoms with Gasteiger partial charge in [-0.1, -0.05) is 57.0 Å². The summed E-state index contributed by atoms with van der Waals surface area (Å²) in [4.78, 5) is 71.5. The highest BCUT2D eigenvalue weighted by Gasteiger charge is 2.56. The van der Waals surface area contributed by atoms with Crippen LogP contribution in [0.15, 0.2) is 41.5 Å². The highest BCUT2D eigenvalue weighted by Crippen LogP contribution is 2.40. The Morgan fingerprint density at radius 3 is 2.25 bits per heavy atom. The zero-order valence-corrected chi connectivity index (χ0v) is 43.1. The molecular formula is C52H73ClF3NO14. The fourth-order valence-corrected chi connectivity index (χ4v) is 11.0. The molecule has 71 heavy (non-hydrogen) atoms. The second kappa shape index (κ2) is 25.5. The molecular weight excluding hydrogens is 955 g/mol. The molecule has 0 spiro atoms. The maximum absolute atomic E-state index is 14.5. The van der Waals surface area contributed by atoms with Gasteiger partial charge in [0, 0.05) is 62.6 Å². The number of fused-ring (bicyclic) bond motifs is 3. The van der Waals surface area contributed by atoms with Gasteiger partial charge in [0.2, 0.25) is 5.79 Å². The van der Waals surface area contributed by atoms with Crippen molar-refractivity contribution in [1.82, 2.24) is 4.90 Å². The fraction of sp³-hybridized carbons (Fsp3) is 0.712. The smallest absolute Gasteiger partial charge is 0.456 e. The number of nitrogens with zero attached hydrogens (tertiary/aromatic N) is 1. The largest absolute Gasteiger partial charge is 0.573 e. The second-order valence-electron chi connectivity index (χ2n) is 20.1. The summed E-state index contributed by atoms with van der Waals surface area (Å²) in [6.45, 7) is 10.4. The number of ketones is 3. The van der Waals surface area contributed by atoms with Crippen molar-refractivity contribution in [1.29, 1.82) is 0 Å². The lowest BCUT2D eigenvalue weighted by Crippen LogP contribution is -2.64. The molecule has 3 heterocycles. The van der Waals surface area contributed by atoms with Crippen LogP contribution in [0.2, 0.25) is 5.02 Å². The van der Waals surface area contributed by atoms with Crippen molar-refractivity contribution in [3.8, 4) is 5.75 Å². The highest BCUT2D eigenvalue weighted by molar-refractivity contribution is 6.39. The van der Waals surface area contributed by atoms with Gasteiger partial charge in [-0.3, -0.25) is 19.2 Å². The molecule has 5 rings (SSSR count). The number of alkyl halides is 3. The van der Waals surface area contributed by atoms with Gasteiger partial charge in [-0.05, 0) is 114 Å².